The summed E-state index contributed by atoms with van der Waals surface area (Å²) in [6, 6.07) is 124. The Morgan fingerprint density at radius 1 is 0.262 bits per heavy atom. The van der Waals surface area contributed by atoms with Gasteiger partial charge in [0.15, 0.2) is 17.5 Å². The van der Waals surface area contributed by atoms with E-state index in [9.17, 15) is 0 Å². The Morgan fingerprint density at radius 2 is 0.608 bits per heavy atom. The fourth-order valence-corrected chi connectivity index (χ4v) is 11.8. The van der Waals surface area contributed by atoms with Gasteiger partial charge in [0.25, 0.3) is 0 Å². The molecular weight excluding hydrogens is 1600 g/mol. The number of allylic oxidation sites excluding steroid dienone is 2. The van der Waals surface area contributed by atoms with Gasteiger partial charge >= 0.3 is 0 Å². The van der Waals surface area contributed by atoms with E-state index in [1.54, 1.807) is 37.2 Å². The van der Waals surface area contributed by atoms with Gasteiger partial charge in [-0.05, 0) is 100 Å². The molecule has 0 saturated heterocycles. The monoisotopic (exact) mass is 1720 g/mol. The number of nitrogens with zero attached hydrogens (tertiary/aromatic N) is 17. The molecule has 0 bridgehead atoms. The summed E-state index contributed by atoms with van der Waals surface area (Å²) in [7, 11) is 0. The van der Waals surface area contributed by atoms with Crippen molar-refractivity contribution in [2.45, 2.75) is 116 Å². The van der Waals surface area contributed by atoms with Crippen molar-refractivity contribution >= 4 is 22.3 Å². The highest BCUT2D eigenvalue weighted by Gasteiger charge is 2.31. The Bertz CT molecular complexity index is 5230. The van der Waals surface area contributed by atoms with E-state index < -0.39 is 0 Å². The van der Waals surface area contributed by atoms with Crippen molar-refractivity contribution in [1.82, 2.24) is 74.8 Å². The summed E-state index contributed by atoms with van der Waals surface area (Å²) in [5.74, 6) is 4.49. The van der Waals surface area contributed by atoms with Gasteiger partial charge in [0, 0.05) is 81.1 Å². The van der Waals surface area contributed by atoms with Crippen LogP contribution in [0.25, 0.3) is 90.0 Å². The van der Waals surface area contributed by atoms with Crippen molar-refractivity contribution in [3.8, 4) is 79.1 Å². The molecule has 1 unspecified atom stereocenters. The highest BCUT2D eigenvalue weighted by atomic mass is 15.3. The zero-order chi connectivity index (χ0) is 93.1. The lowest BCUT2D eigenvalue weighted by atomic mass is 10.1. The number of anilines is 1. The summed E-state index contributed by atoms with van der Waals surface area (Å²) < 4.78 is 0. The molecule has 17 nitrogen and oxygen atoms in total. The maximum Gasteiger partial charge on any atom is 0.163 e. The van der Waals surface area contributed by atoms with E-state index in [1.165, 1.54) is 41.5 Å². The summed E-state index contributed by atoms with van der Waals surface area (Å²) >= 11 is 0. The molecule has 1 aliphatic heterocycles. The molecule has 2 atom stereocenters. The van der Waals surface area contributed by atoms with Crippen LogP contribution in [0, 0.1) is 27.7 Å². The first-order valence-corrected chi connectivity index (χ1v) is 44.1. The number of fused-ring (bicyclic) bond motifs is 2. The van der Waals surface area contributed by atoms with E-state index >= 15 is 0 Å². The molecule has 1 aliphatic carbocycles. The van der Waals surface area contributed by atoms with Crippen molar-refractivity contribution in [2.24, 2.45) is 4.99 Å². The molecule has 2 aliphatic rings. The summed E-state index contributed by atoms with van der Waals surface area (Å²) in [6.45, 7) is 29.8. The maximum absolute atomic E-state index is 4.67. The van der Waals surface area contributed by atoms with Crippen molar-refractivity contribution < 1.29 is 0 Å². The molecule has 0 amide bonds. The molecule has 18 aromatic rings. The van der Waals surface area contributed by atoms with E-state index in [0.717, 1.165) is 90.4 Å². The van der Waals surface area contributed by atoms with Gasteiger partial charge in [-0.2, -0.15) is 0 Å². The summed E-state index contributed by atoms with van der Waals surface area (Å²) in [6.07, 6.45) is 23.4. The first kappa shape index (κ1) is 103. The average Bonchev–Trinajstić information content (AvgIpc) is 1.59. The van der Waals surface area contributed by atoms with Gasteiger partial charge in [-0.25, -0.2) is 69.8 Å². The summed E-state index contributed by atoms with van der Waals surface area (Å²) in [4.78, 5) is 68.8. The van der Waals surface area contributed by atoms with Gasteiger partial charge in [-0.15, -0.1) is 0 Å². The maximum atomic E-state index is 4.67. The molecule has 0 saturated carbocycles. The van der Waals surface area contributed by atoms with Crippen molar-refractivity contribution in [3.63, 3.8) is 0 Å². The number of benzene rings is 11. The molecule has 11 aromatic carbocycles. The Kier molecular flexibility index (Phi) is 50.6. The smallest absolute Gasteiger partial charge is 0.163 e. The topological polar surface area (TPSA) is 209 Å². The van der Waals surface area contributed by atoms with E-state index in [1.807, 2.05) is 358 Å². The third-order valence-corrected chi connectivity index (χ3v) is 17.4. The zero-order valence-corrected chi connectivity index (χ0v) is 77.5. The molecule has 0 N–H and O–H groups in total. The number of hydrogen-bond acceptors (Lipinski definition) is 17. The third-order valence-electron chi connectivity index (χ3n) is 17.4. The molecule has 17 heteroatoms. The standard InChI is InChI=1S/2C17H14N2.C16H13N3.C14H14N2.C12H10.C8H6N2.C6H6.C5H5N.C4H5N3.C4H4N2.5C2H6/c1-13-18-16(14-8-4-2-5-9-14)12-17(19-13)15-10-6-3-7-11-15;1-13-12-16(14-8-4-2-5-9-14)19-17(18-13)15-10-6-3-7-11-15;1-12-17-15(13-8-4-2-5-9-13)19-16(18-12)14-10-6-3-7-11-14;1-11-15-13-9-5-6-10-14(13)16(11)12-7-3-2-4-8-12;1-3-7-11(8-4-1)12-9-5-2-6-10-12;1-2-4-8-7(3-1)5-9-6-10-8;2*1-2-4-6-5-3-1;1-4-6-2-5-3-7-4;1-2-5-4-6-3-1;5*1-2/h2*2-12H,1H3;2-11H,1H3;2-11,14H,1H3;1-10H;1-6H;1-6H;1-5H;2-3H,1H3;1-4H;5*1-2H3/t;;;11-,14?;;;;;;;;;;;/m...1.........../s1. The van der Waals surface area contributed by atoms with E-state index in [2.05, 4.69) is 225 Å². The van der Waals surface area contributed by atoms with Crippen LogP contribution >= 0.6 is 0 Å². The Morgan fingerprint density at radius 3 is 0.977 bits per heavy atom. The third kappa shape index (κ3) is 37.9. The van der Waals surface area contributed by atoms with Crippen molar-refractivity contribution in [3.05, 3.63) is 474 Å². The van der Waals surface area contributed by atoms with Crippen LogP contribution in [0.15, 0.2) is 456 Å². The van der Waals surface area contributed by atoms with Crippen LogP contribution in [0.3, 0.4) is 0 Å². The number of aryl methyl sites for hydroxylation is 4. The van der Waals surface area contributed by atoms with Crippen LogP contribution in [0.5, 0.6) is 0 Å². The van der Waals surface area contributed by atoms with Crippen LogP contribution < -0.4 is 4.90 Å². The first-order chi connectivity index (χ1) is 64.2. The lowest BCUT2D eigenvalue weighted by molar-refractivity contribution is 0.710. The minimum absolute atomic E-state index is 0.217. The molecule has 8 heterocycles. The normalized spacial score (nSPS) is 11.3. The van der Waals surface area contributed by atoms with Crippen LogP contribution in [0.4, 0.5) is 5.69 Å². The minimum atomic E-state index is 0.217. The average molecular weight is 1720 g/mol. The molecule has 0 radical (unpaired) electrons. The van der Waals surface area contributed by atoms with Crippen LogP contribution in [-0.4, -0.2) is 92.7 Å². The van der Waals surface area contributed by atoms with Gasteiger partial charge in [-0.3, -0.25) is 9.98 Å². The van der Waals surface area contributed by atoms with Crippen LogP contribution in [0.2, 0.25) is 0 Å². The van der Waals surface area contributed by atoms with Gasteiger partial charge in [-0.1, -0.05) is 409 Å². The van der Waals surface area contributed by atoms with Crippen LogP contribution in [-0.2, 0) is 0 Å². The molecule has 7 aromatic heterocycles. The lowest BCUT2D eigenvalue weighted by Gasteiger charge is -2.29. The Labute approximate surface area is 771 Å². The predicted molar refractivity (Wildman–Crippen MR) is 544 cm³/mol. The summed E-state index contributed by atoms with van der Waals surface area (Å²) in [5.41, 5.74) is 16.2. The zero-order valence-electron chi connectivity index (χ0n) is 77.5. The molecule has 0 fully saturated rings. The number of aromatic nitrogens is 15. The van der Waals surface area contributed by atoms with Crippen molar-refractivity contribution in [1.29, 1.82) is 0 Å². The Hall–Kier alpha value is -15.9. The predicted octanol–water partition coefficient (Wildman–Crippen LogP) is 28.1. The fraction of sp³-hybridized carbons (Fsp3) is 0.150. The molecule has 20 rings (SSSR count). The van der Waals surface area contributed by atoms with E-state index in [0.29, 0.717) is 17.7 Å². The van der Waals surface area contributed by atoms with Crippen LogP contribution in [0.1, 0.15) is 99.3 Å². The second-order valence-corrected chi connectivity index (χ2v) is 26.3. The van der Waals surface area contributed by atoms with Gasteiger partial charge in [0.1, 0.15) is 48.9 Å². The number of rotatable bonds is 8. The first-order valence-electron chi connectivity index (χ1n) is 44.1. The largest absolute Gasteiger partial charge is 0.338 e. The highest BCUT2D eigenvalue weighted by Crippen LogP contribution is 2.30. The van der Waals surface area contributed by atoms with Crippen molar-refractivity contribution in [2.75, 3.05) is 4.90 Å². The number of pyridine rings is 1. The summed E-state index contributed by atoms with van der Waals surface area (Å²) in [5, 5.41) is 1.09. The van der Waals surface area contributed by atoms with Gasteiger partial charge < -0.3 is 4.90 Å². The quantitative estimate of drug-likeness (QED) is 0.138. The minimum Gasteiger partial charge on any atom is -0.338 e. The number of aliphatic imine (C=N–C) groups is 1. The van der Waals surface area contributed by atoms with E-state index in [-0.39, 0.29) is 6.17 Å². The second-order valence-electron chi connectivity index (χ2n) is 26.3. The second kappa shape index (κ2) is 63.9. The van der Waals surface area contributed by atoms with Gasteiger partial charge in [0.05, 0.1) is 34.4 Å². The Balaban J connectivity index is 0.000000225. The molecule has 130 heavy (non-hydrogen) atoms. The van der Waals surface area contributed by atoms with Gasteiger partial charge in [0.2, 0.25) is 0 Å². The SMILES string of the molecule is CC.CC.CC.CC.CC.C[C@@H]1N=C2C=CC=CC2N1c1ccccc1.Cc1cc(-c2ccccc2)nc(-c2ccccc2)n1.Cc1nc(-c2ccccc2)cc(-c2ccccc2)n1.Cc1nc(-c2ccccc2)nc(-c2ccccc2)n1.Cc1ncncn1.c1ccc(-c2ccccc2)cc1.c1ccc2ncncc2c1.c1ccccc1.c1ccncc1.c1cncnc1. The number of hydrogen-bond donors (Lipinski definition) is 0. The highest BCUT2D eigenvalue weighted by molar-refractivity contribution is 6.06. The molecule has 0 spiro atoms. The molecule has 658 valence electrons. The fourth-order valence-electron chi connectivity index (χ4n) is 11.8. The number of para-hydroxylation sites is 2. The lowest BCUT2D eigenvalue weighted by Crippen LogP contribution is -2.38. The van der Waals surface area contributed by atoms with E-state index in [4.69, 9.17) is 0 Å². The molecular formula is C113H121N17.